The van der Waals surface area contributed by atoms with Crippen LogP contribution >= 0.6 is 0 Å². The van der Waals surface area contributed by atoms with Crippen LogP contribution in [0, 0.1) is 0 Å². The third kappa shape index (κ3) is 5.29. The van der Waals surface area contributed by atoms with Gasteiger partial charge in [0.1, 0.15) is 0 Å². The van der Waals surface area contributed by atoms with E-state index in [4.69, 9.17) is 9.47 Å². The zero-order valence-electron chi connectivity index (χ0n) is 14.3. The molecule has 23 heavy (non-hydrogen) atoms. The number of rotatable bonds is 9. The number of ether oxygens (including phenoxy) is 2. The van der Waals surface area contributed by atoms with Crippen molar-refractivity contribution >= 4 is 0 Å². The van der Waals surface area contributed by atoms with Crippen molar-refractivity contribution in [3.05, 3.63) is 59.7 Å². The van der Waals surface area contributed by atoms with Crippen LogP contribution in [0.5, 0.6) is 11.5 Å². The van der Waals surface area contributed by atoms with Crippen molar-refractivity contribution in [3.8, 4) is 11.5 Å². The van der Waals surface area contributed by atoms with Crippen LogP contribution in [0.15, 0.2) is 48.5 Å². The summed E-state index contributed by atoms with van der Waals surface area (Å²) in [6.45, 7) is 8.42. The van der Waals surface area contributed by atoms with Gasteiger partial charge in [-0.3, -0.25) is 0 Å². The summed E-state index contributed by atoms with van der Waals surface area (Å²) in [5, 5.41) is 3.55. The second kappa shape index (κ2) is 9.21. The lowest BCUT2D eigenvalue weighted by molar-refractivity contribution is 0.276. The molecule has 3 nitrogen and oxygen atoms in total. The van der Waals surface area contributed by atoms with Crippen LogP contribution in [0.3, 0.4) is 0 Å². The van der Waals surface area contributed by atoms with Crippen molar-refractivity contribution < 1.29 is 9.47 Å². The minimum Gasteiger partial charge on any atom is -0.490 e. The van der Waals surface area contributed by atoms with Crippen LogP contribution in [0.25, 0.3) is 0 Å². The van der Waals surface area contributed by atoms with Crippen molar-refractivity contribution in [2.45, 2.75) is 39.8 Å². The fourth-order valence-corrected chi connectivity index (χ4v) is 2.39. The lowest BCUT2D eigenvalue weighted by Gasteiger charge is -2.16. The van der Waals surface area contributed by atoms with Gasteiger partial charge in [0.15, 0.2) is 11.5 Å². The van der Waals surface area contributed by atoms with E-state index in [9.17, 15) is 0 Å². The molecule has 0 aliphatic heterocycles. The first-order chi connectivity index (χ1) is 11.2. The van der Waals surface area contributed by atoms with Gasteiger partial charge < -0.3 is 14.8 Å². The molecular formula is C20H27NO2. The van der Waals surface area contributed by atoms with E-state index in [0.717, 1.165) is 24.5 Å². The number of nitrogens with one attached hydrogen (secondary N) is 1. The van der Waals surface area contributed by atoms with Gasteiger partial charge in [-0.2, -0.15) is 0 Å². The summed E-state index contributed by atoms with van der Waals surface area (Å²) >= 11 is 0. The Kier molecular flexibility index (Phi) is 6.95. The molecule has 1 N–H and O–H groups in total. The summed E-state index contributed by atoms with van der Waals surface area (Å²) < 4.78 is 11.5. The predicted molar refractivity (Wildman–Crippen MR) is 95.1 cm³/mol. The summed E-state index contributed by atoms with van der Waals surface area (Å²) in [4.78, 5) is 0. The maximum atomic E-state index is 5.74. The molecule has 0 radical (unpaired) electrons. The van der Waals surface area contributed by atoms with Crippen LogP contribution in [0.4, 0.5) is 0 Å². The van der Waals surface area contributed by atoms with Crippen LogP contribution in [0.2, 0.25) is 0 Å². The van der Waals surface area contributed by atoms with E-state index in [1.165, 1.54) is 11.1 Å². The SMILES string of the molecule is CCCOc1ccc(CN[C@@H](C)c2ccccc2)cc1OCC. The highest BCUT2D eigenvalue weighted by molar-refractivity contribution is 5.43. The third-order valence-corrected chi connectivity index (χ3v) is 3.68. The Balaban J connectivity index is 2.00. The normalized spacial score (nSPS) is 12.0. The van der Waals surface area contributed by atoms with E-state index in [2.05, 4.69) is 55.6 Å². The monoisotopic (exact) mass is 313 g/mol. The number of hydrogen-bond acceptors (Lipinski definition) is 3. The van der Waals surface area contributed by atoms with Crippen molar-refractivity contribution in [2.24, 2.45) is 0 Å². The third-order valence-electron chi connectivity index (χ3n) is 3.68. The highest BCUT2D eigenvalue weighted by Gasteiger charge is 2.08. The molecule has 124 valence electrons. The molecule has 0 aliphatic rings. The Morgan fingerprint density at radius 1 is 0.957 bits per heavy atom. The largest absolute Gasteiger partial charge is 0.490 e. The number of benzene rings is 2. The summed E-state index contributed by atoms with van der Waals surface area (Å²) in [6, 6.07) is 16.9. The fraction of sp³-hybridized carbons (Fsp3) is 0.400. The van der Waals surface area contributed by atoms with Crippen molar-refractivity contribution in [3.63, 3.8) is 0 Å². The Morgan fingerprint density at radius 2 is 1.74 bits per heavy atom. The van der Waals surface area contributed by atoms with Gasteiger partial charge in [-0.05, 0) is 43.5 Å². The molecule has 0 heterocycles. The average molecular weight is 313 g/mol. The molecule has 0 saturated carbocycles. The van der Waals surface area contributed by atoms with Gasteiger partial charge in [-0.1, -0.05) is 43.3 Å². The first kappa shape index (κ1) is 17.4. The summed E-state index contributed by atoms with van der Waals surface area (Å²) in [6.07, 6.45) is 0.990. The second-order valence-corrected chi connectivity index (χ2v) is 5.58. The first-order valence-corrected chi connectivity index (χ1v) is 8.41. The highest BCUT2D eigenvalue weighted by atomic mass is 16.5. The lowest BCUT2D eigenvalue weighted by Crippen LogP contribution is -2.18. The van der Waals surface area contributed by atoms with E-state index >= 15 is 0 Å². The first-order valence-electron chi connectivity index (χ1n) is 8.41. The minimum atomic E-state index is 0.308. The molecule has 2 rings (SSSR count). The van der Waals surface area contributed by atoms with Crippen LogP contribution < -0.4 is 14.8 Å². The smallest absolute Gasteiger partial charge is 0.161 e. The molecule has 0 saturated heterocycles. The van der Waals surface area contributed by atoms with Gasteiger partial charge in [0.25, 0.3) is 0 Å². The summed E-state index contributed by atoms with van der Waals surface area (Å²) in [5.41, 5.74) is 2.49. The standard InChI is InChI=1S/C20H27NO2/c1-4-13-23-19-12-11-17(14-20(19)22-5-2)15-21-16(3)18-9-7-6-8-10-18/h6-12,14,16,21H,4-5,13,15H2,1-3H3/t16-/m0/s1. The quantitative estimate of drug-likeness (QED) is 0.726. The predicted octanol–water partition coefficient (Wildman–Crippen LogP) is 4.72. The maximum absolute atomic E-state index is 5.74. The van der Waals surface area contributed by atoms with Crippen LogP contribution in [-0.4, -0.2) is 13.2 Å². The molecule has 2 aromatic carbocycles. The number of hydrogen-bond donors (Lipinski definition) is 1. The molecule has 0 bridgehead atoms. The topological polar surface area (TPSA) is 30.5 Å². The molecule has 0 aromatic heterocycles. The molecule has 0 amide bonds. The molecule has 2 aromatic rings. The van der Waals surface area contributed by atoms with Gasteiger partial charge in [-0.25, -0.2) is 0 Å². The summed E-state index contributed by atoms with van der Waals surface area (Å²) in [7, 11) is 0. The van der Waals surface area contributed by atoms with Crippen molar-refractivity contribution in [2.75, 3.05) is 13.2 Å². The van der Waals surface area contributed by atoms with Gasteiger partial charge >= 0.3 is 0 Å². The molecular weight excluding hydrogens is 286 g/mol. The van der Waals surface area contributed by atoms with Gasteiger partial charge in [-0.15, -0.1) is 0 Å². The maximum Gasteiger partial charge on any atom is 0.161 e. The Labute approximate surface area is 139 Å². The second-order valence-electron chi connectivity index (χ2n) is 5.58. The van der Waals surface area contributed by atoms with E-state index < -0.39 is 0 Å². The minimum absolute atomic E-state index is 0.308. The molecule has 0 unspecified atom stereocenters. The Bertz CT molecular complexity index is 583. The Hall–Kier alpha value is -2.00. The lowest BCUT2D eigenvalue weighted by atomic mass is 10.1. The molecule has 0 spiro atoms. The Morgan fingerprint density at radius 3 is 2.43 bits per heavy atom. The van der Waals surface area contributed by atoms with Gasteiger partial charge in [0, 0.05) is 12.6 Å². The van der Waals surface area contributed by atoms with E-state index in [-0.39, 0.29) is 0 Å². The van der Waals surface area contributed by atoms with Crippen LogP contribution in [-0.2, 0) is 6.54 Å². The van der Waals surface area contributed by atoms with Gasteiger partial charge in [0.2, 0.25) is 0 Å². The van der Waals surface area contributed by atoms with Crippen molar-refractivity contribution in [1.82, 2.24) is 5.32 Å². The van der Waals surface area contributed by atoms with Crippen molar-refractivity contribution in [1.29, 1.82) is 0 Å². The van der Waals surface area contributed by atoms with E-state index in [0.29, 0.717) is 19.3 Å². The summed E-state index contributed by atoms with van der Waals surface area (Å²) in [5.74, 6) is 1.65. The zero-order valence-corrected chi connectivity index (χ0v) is 14.3. The van der Waals surface area contributed by atoms with Crippen LogP contribution in [0.1, 0.15) is 44.4 Å². The zero-order chi connectivity index (χ0) is 16.5. The fourth-order valence-electron chi connectivity index (χ4n) is 2.39. The molecule has 1 atom stereocenters. The van der Waals surface area contributed by atoms with E-state index in [1.807, 2.05) is 19.1 Å². The molecule has 0 aliphatic carbocycles. The van der Waals surface area contributed by atoms with E-state index in [1.54, 1.807) is 0 Å². The highest BCUT2D eigenvalue weighted by Crippen LogP contribution is 2.29. The molecule has 3 heteroatoms. The average Bonchev–Trinajstić information content (AvgIpc) is 2.60. The molecule has 0 fully saturated rings. The van der Waals surface area contributed by atoms with Gasteiger partial charge in [0.05, 0.1) is 13.2 Å².